The highest BCUT2D eigenvalue weighted by Crippen LogP contribution is 2.21. The third-order valence-corrected chi connectivity index (χ3v) is 2.51. The van der Waals surface area contributed by atoms with Gasteiger partial charge in [-0.3, -0.25) is 15.3 Å². The molecule has 0 saturated heterocycles. The predicted molar refractivity (Wildman–Crippen MR) is 74.1 cm³/mol. The molecule has 0 radical (unpaired) electrons. The first kappa shape index (κ1) is 13.3. The lowest BCUT2D eigenvalue weighted by Gasteiger charge is -2.20. The smallest absolute Gasteiger partial charge is 0.412 e. The molecule has 0 fully saturated rings. The van der Waals surface area contributed by atoms with Crippen LogP contribution in [0.1, 0.15) is 26.3 Å². The number of carbonyl (C=O) groups excluding carboxylic acids is 1. The minimum Gasteiger partial charge on any atom is -0.444 e. The first-order chi connectivity index (χ1) is 8.87. The van der Waals surface area contributed by atoms with Crippen molar-refractivity contribution in [2.45, 2.75) is 33.3 Å². The maximum absolute atomic E-state index is 11.7. The molecule has 2 rings (SSSR count). The van der Waals surface area contributed by atoms with Crippen molar-refractivity contribution in [3.8, 4) is 0 Å². The molecule has 1 amide bonds. The molecular weight excluding hydrogens is 242 g/mol. The Labute approximate surface area is 112 Å². The molecule has 0 aliphatic carbocycles. The van der Waals surface area contributed by atoms with Crippen molar-refractivity contribution in [3.05, 3.63) is 30.1 Å². The highest BCUT2D eigenvalue weighted by molar-refractivity contribution is 5.90. The molecule has 5 nitrogen and oxygen atoms in total. The van der Waals surface area contributed by atoms with E-state index in [9.17, 15) is 4.79 Å². The Hall–Kier alpha value is -2.17. The zero-order valence-corrected chi connectivity index (χ0v) is 11.5. The number of aryl methyl sites for hydroxylation is 1. The van der Waals surface area contributed by atoms with Gasteiger partial charge in [0.15, 0.2) is 0 Å². The number of rotatable bonds is 1. The number of carbonyl (C=O) groups is 1. The van der Waals surface area contributed by atoms with E-state index < -0.39 is 11.7 Å². The van der Waals surface area contributed by atoms with Gasteiger partial charge in [0.25, 0.3) is 0 Å². The average molecular weight is 259 g/mol. The van der Waals surface area contributed by atoms with Crippen LogP contribution in [0.15, 0.2) is 24.5 Å². The number of hydrogen-bond acceptors (Lipinski definition) is 4. The van der Waals surface area contributed by atoms with Gasteiger partial charge < -0.3 is 4.74 Å². The molecule has 19 heavy (non-hydrogen) atoms. The van der Waals surface area contributed by atoms with Crippen molar-refractivity contribution in [1.29, 1.82) is 0 Å². The molecule has 0 spiro atoms. The molecule has 1 N–H and O–H groups in total. The summed E-state index contributed by atoms with van der Waals surface area (Å²) in [5.41, 5.74) is 2.53. The Balaban J connectivity index is 2.26. The van der Waals surface area contributed by atoms with Gasteiger partial charge >= 0.3 is 6.09 Å². The maximum atomic E-state index is 11.7. The van der Waals surface area contributed by atoms with E-state index in [4.69, 9.17) is 4.74 Å². The Morgan fingerprint density at radius 3 is 2.74 bits per heavy atom. The third kappa shape index (κ3) is 3.19. The Kier molecular flexibility index (Phi) is 3.38. The number of fused-ring (bicyclic) bond motifs is 1. The fourth-order valence-electron chi connectivity index (χ4n) is 1.69. The van der Waals surface area contributed by atoms with Crippen molar-refractivity contribution in [2.24, 2.45) is 0 Å². The van der Waals surface area contributed by atoms with Gasteiger partial charge in [0.1, 0.15) is 5.60 Å². The number of amides is 1. The first-order valence-corrected chi connectivity index (χ1v) is 6.07. The monoisotopic (exact) mass is 259 g/mol. The highest BCUT2D eigenvalue weighted by Gasteiger charge is 2.17. The summed E-state index contributed by atoms with van der Waals surface area (Å²) < 4.78 is 5.21. The molecule has 0 saturated carbocycles. The molecule has 2 heterocycles. The normalized spacial score (nSPS) is 11.4. The zero-order chi connectivity index (χ0) is 14.0. The van der Waals surface area contributed by atoms with Crippen molar-refractivity contribution < 1.29 is 9.53 Å². The molecule has 2 aromatic rings. The molecule has 0 unspecified atom stereocenters. The molecule has 5 heteroatoms. The van der Waals surface area contributed by atoms with E-state index in [1.807, 2.05) is 39.8 Å². The second-order valence-electron chi connectivity index (χ2n) is 5.29. The largest absolute Gasteiger partial charge is 0.444 e. The molecule has 0 bridgehead atoms. The minimum atomic E-state index is -0.527. The molecule has 2 aromatic heterocycles. The van der Waals surface area contributed by atoms with E-state index in [1.54, 1.807) is 12.4 Å². The molecular formula is C14H17N3O2. The van der Waals surface area contributed by atoms with Gasteiger partial charge in [-0.25, -0.2) is 4.79 Å². The lowest BCUT2D eigenvalue weighted by Crippen LogP contribution is -2.27. The van der Waals surface area contributed by atoms with Crippen LogP contribution in [0.5, 0.6) is 0 Å². The summed E-state index contributed by atoms with van der Waals surface area (Å²) in [5, 5.41) is 2.70. The molecule has 0 aliphatic rings. The van der Waals surface area contributed by atoms with Crippen LogP contribution in [0, 0.1) is 6.92 Å². The summed E-state index contributed by atoms with van der Waals surface area (Å²) in [4.78, 5) is 20.3. The van der Waals surface area contributed by atoms with Crippen LogP contribution >= 0.6 is 0 Å². The standard InChI is InChI=1S/C14H17N3O2/c1-9-11(17-13(18)19-14(2,3)4)8-16-10-6-5-7-15-12(9)10/h5-8H,1-4H3,(H,17,18). The van der Waals surface area contributed by atoms with Gasteiger partial charge in [0.05, 0.1) is 22.9 Å². The summed E-state index contributed by atoms with van der Waals surface area (Å²) in [6.07, 6.45) is 2.82. The lowest BCUT2D eigenvalue weighted by molar-refractivity contribution is 0.0636. The summed E-state index contributed by atoms with van der Waals surface area (Å²) in [6.45, 7) is 7.35. The average Bonchev–Trinajstić information content (AvgIpc) is 2.31. The van der Waals surface area contributed by atoms with E-state index in [0.29, 0.717) is 5.69 Å². The predicted octanol–water partition coefficient (Wildman–Crippen LogP) is 3.29. The first-order valence-electron chi connectivity index (χ1n) is 6.07. The quantitative estimate of drug-likeness (QED) is 0.853. The minimum absolute atomic E-state index is 0.493. The fourth-order valence-corrected chi connectivity index (χ4v) is 1.69. The van der Waals surface area contributed by atoms with Crippen LogP contribution in [0.4, 0.5) is 10.5 Å². The van der Waals surface area contributed by atoms with Gasteiger partial charge in [-0.2, -0.15) is 0 Å². The fraction of sp³-hybridized carbons (Fsp3) is 0.357. The zero-order valence-electron chi connectivity index (χ0n) is 11.5. The van der Waals surface area contributed by atoms with E-state index in [0.717, 1.165) is 16.6 Å². The number of nitrogens with zero attached hydrogens (tertiary/aromatic N) is 2. The van der Waals surface area contributed by atoms with E-state index in [2.05, 4.69) is 15.3 Å². The SMILES string of the molecule is Cc1c(NC(=O)OC(C)(C)C)cnc2cccnc12. The van der Waals surface area contributed by atoms with Crippen LogP contribution in [0.3, 0.4) is 0 Å². The lowest BCUT2D eigenvalue weighted by atomic mass is 10.2. The van der Waals surface area contributed by atoms with Gasteiger partial charge in [-0.15, -0.1) is 0 Å². The second-order valence-corrected chi connectivity index (χ2v) is 5.29. The van der Waals surface area contributed by atoms with Crippen LogP contribution in [-0.4, -0.2) is 21.7 Å². The van der Waals surface area contributed by atoms with Crippen molar-refractivity contribution >= 4 is 22.8 Å². The van der Waals surface area contributed by atoms with Crippen LogP contribution in [0.2, 0.25) is 0 Å². The highest BCUT2D eigenvalue weighted by atomic mass is 16.6. The number of ether oxygens (including phenoxy) is 1. The van der Waals surface area contributed by atoms with E-state index in [-0.39, 0.29) is 0 Å². The molecule has 0 atom stereocenters. The number of aromatic nitrogens is 2. The molecule has 0 aromatic carbocycles. The van der Waals surface area contributed by atoms with Crippen LogP contribution in [-0.2, 0) is 4.74 Å². The van der Waals surface area contributed by atoms with Crippen LogP contribution < -0.4 is 5.32 Å². The Morgan fingerprint density at radius 2 is 2.05 bits per heavy atom. The van der Waals surface area contributed by atoms with E-state index >= 15 is 0 Å². The number of hydrogen-bond donors (Lipinski definition) is 1. The number of pyridine rings is 2. The van der Waals surface area contributed by atoms with Crippen LogP contribution in [0.25, 0.3) is 11.0 Å². The van der Waals surface area contributed by atoms with E-state index in [1.165, 1.54) is 0 Å². The van der Waals surface area contributed by atoms with Gasteiger partial charge in [-0.1, -0.05) is 0 Å². The maximum Gasteiger partial charge on any atom is 0.412 e. The topological polar surface area (TPSA) is 64.1 Å². The van der Waals surface area contributed by atoms with Gasteiger partial charge in [-0.05, 0) is 39.8 Å². The second kappa shape index (κ2) is 4.84. The van der Waals surface area contributed by atoms with Crippen molar-refractivity contribution in [2.75, 3.05) is 5.32 Å². The molecule has 100 valence electrons. The van der Waals surface area contributed by atoms with Gasteiger partial charge in [0.2, 0.25) is 0 Å². The van der Waals surface area contributed by atoms with Crippen molar-refractivity contribution in [3.63, 3.8) is 0 Å². The summed E-state index contributed by atoms with van der Waals surface area (Å²) >= 11 is 0. The summed E-state index contributed by atoms with van der Waals surface area (Å²) in [6, 6.07) is 3.71. The molecule has 0 aliphatic heterocycles. The number of nitrogens with one attached hydrogen (secondary N) is 1. The van der Waals surface area contributed by atoms with Crippen molar-refractivity contribution in [1.82, 2.24) is 9.97 Å². The summed E-state index contributed by atoms with van der Waals surface area (Å²) in [5.74, 6) is 0. The third-order valence-electron chi connectivity index (χ3n) is 2.51. The summed E-state index contributed by atoms with van der Waals surface area (Å²) in [7, 11) is 0. The Bertz CT molecular complexity index is 618. The Morgan fingerprint density at radius 1 is 1.32 bits per heavy atom. The number of anilines is 1. The van der Waals surface area contributed by atoms with Gasteiger partial charge in [0, 0.05) is 11.8 Å².